The van der Waals surface area contributed by atoms with Crippen molar-refractivity contribution in [2.24, 2.45) is 0 Å². The van der Waals surface area contributed by atoms with Crippen molar-refractivity contribution in [3.05, 3.63) is 49.3 Å². The number of aromatic hydroxyl groups is 2. The predicted molar refractivity (Wildman–Crippen MR) is 146 cm³/mol. The van der Waals surface area contributed by atoms with Crippen LogP contribution < -0.4 is 30.8 Å². The molecule has 5 aromatic carbocycles. The highest BCUT2D eigenvalue weighted by Crippen LogP contribution is 2.57. The van der Waals surface area contributed by atoms with Crippen LogP contribution in [0.4, 0.5) is 5.69 Å². The summed E-state index contributed by atoms with van der Waals surface area (Å²) in [4.78, 5) is 39.9. The van der Waals surface area contributed by atoms with Crippen LogP contribution in [-0.4, -0.2) is 37.3 Å². The first-order valence-electron chi connectivity index (χ1n) is 11.8. The molecule has 0 radical (unpaired) electrons. The van der Waals surface area contributed by atoms with E-state index in [1.165, 1.54) is 40.4 Å². The highest BCUT2D eigenvalue weighted by atomic mass is 16.5. The zero-order valence-electron chi connectivity index (χ0n) is 21.3. The number of anilines is 1. The van der Waals surface area contributed by atoms with Crippen LogP contribution in [0.2, 0.25) is 0 Å². The second-order valence-corrected chi connectivity index (χ2v) is 9.54. The molecule has 4 N–H and O–H groups in total. The first-order valence-corrected chi connectivity index (χ1v) is 11.8. The second-order valence-electron chi connectivity index (χ2n) is 9.54. The third-order valence-electron chi connectivity index (χ3n) is 7.67. The van der Waals surface area contributed by atoms with E-state index >= 15 is 0 Å². The molecular formula is C29H23NO8. The van der Waals surface area contributed by atoms with Gasteiger partial charge in [-0.1, -0.05) is 5.57 Å². The average Bonchev–Trinajstić information content (AvgIpc) is 3.01. The Morgan fingerprint density at radius 2 is 1.32 bits per heavy atom. The monoisotopic (exact) mass is 513 g/mol. The van der Waals surface area contributed by atoms with Crippen molar-refractivity contribution in [3.8, 4) is 28.7 Å². The van der Waals surface area contributed by atoms with Crippen LogP contribution >= 0.6 is 0 Å². The Morgan fingerprint density at radius 3 is 1.82 bits per heavy atom. The molecule has 5 aromatic rings. The Morgan fingerprint density at radius 1 is 0.789 bits per heavy atom. The quantitative estimate of drug-likeness (QED) is 0.141. The van der Waals surface area contributed by atoms with Crippen LogP contribution in [0.15, 0.2) is 27.3 Å². The zero-order chi connectivity index (χ0) is 27.4. The fraction of sp³-hybridized carbons (Fsp3) is 0.207. The SMILES string of the molecule is COc1c(O)c2c(=O)cc(OC)c3c4c(OC)cc(=O)c5c(O)c(N)c6c(c(c1C(C(C)=O)=C(C)C6)c23)c54. The predicted octanol–water partition coefficient (Wildman–Crippen LogP) is 3.83. The summed E-state index contributed by atoms with van der Waals surface area (Å²) in [6, 6.07) is 2.49. The summed E-state index contributed by atoms with van der Waals surface area (Å²) in [7, 11) is 4.15. The number of ether oxygens (including phenoxy) is 3. The number of phenols is 2. The van der Waals surface area contributed by atoms with E-state index in [0.717, 1.165) is 0 Å². The average molecular weight is 514 g/mol. The smallest absolute Gasteiger partial charge is 0.194 e. The van der Waals surface area contributed by atoms with Gasteiger partial charge in [0.05, 0.1) is 37.8 Å². The maximum absolute atomic E-state index is 13.4. The maximum Gasteiger partial charge on any atom is 0.194 e. The van der Waals surface area contributed by atoms with Crippen LogP contribution in [0.1, 0.15) is 25.0 Å². The number of nitrogen functional groups attached to an aromatic ring is 1. The summed E-state index contributed by atoms with van der Waals surface area (Å²) >= 11 is 0. The molecule has 0 bridgehead atoms. The number of benzene rings is 5. The summed E-state index contributed by atoms with van der Waals surface area (Å²) in [5.74, 6) is -0.781. The Bertz CT molecular complexity index is 2060. The van der Waals surface area contributed by atoms with Gasteiger partial charge in [0.2, 0.25) is 0 Å². The van der Waals surface area contributed by atoms with Gasteiger partial charge in [0.25, 0.3) is 0 Å². The highest BCUT2D eigenvalue weighted by Gasteiger charge is 2.35. The lowest BCUT2D eigenvalue weighted by Crippen LogP contribution is -2.10. The van der Waals surface area contributed by atoms with Crippen molar-refractivity contribution in [2.75, 3.05) is 27.1 Å². The van der Waals surface area contributed by atoms with Gasteiger partial charge in [0, 0.05) is 50.2 Å². The van der Waals surface area contributed by atoms with Crippen molar-refractivity contribution in [3.63, 3.8) is 0 Å². The number of nitrogens with two attached hydrogens (primary N) is 1. The van der Waals surface area contributed by atoms with E-state index < -0.39 is 16.6 Å². The van der Waals surface area contributed by atoms with Crippen molar-refractivity contribution < 1.29 is 29.2 Å². The molecule has 9 heteroatoms. The van der Waals surface area contributed by atoms with Gasteiger partial charge in [0.15, 0.2) is 33.9 Å². The van der Waals surface area contributed by atoms with E-state index in [0.29, 0.717) is 43.5 Å². The van der Waals surface area contributed by atoms with E-state index in [-0.39, 0.29) is 62.8 Å². The van der Waals surface area contributed by atoms with Gasteiger partial charge in [-0.15, -0.1) is 0 Å². The number of methoxy groups -OCH3 is 3. The molecule has 0 amide bonds. The van der Waals surface area contributed by atoms with Gasteiger partial charge < -0.3 is 30.2 Å². The number of fused-ring (bicyclic) bond motifs is 1. The van der Waals surface area contributed by atoms with Gasteiger partial charge in [-0.05, 0) is 31.2 Å². The lowest BCUT2D eigenvalue weighted by Gasteiger charge is -2.23. The molecule has 192 valence electrons. The number of hydrogen-bond acceptors (Lipinski definition) is 9. The Hall–Kier alpha value is -4.79. The number of ketones is 1. The molecule has 38 heavy (non-hydrogen) atoms. The third-order valence-corrected chi connectivity index (χ3v) is 7.67. The molecule has 0 aliphatic heterocycles. The Labute approximate surface area is 214 Å². The molecule has 0 unspecified atom stereocenters. The molecule has 6 rings (SSSR count). The van der Waals surface area contributed by atoms with E-state index in [2.05, 4.69) is 0 Å². The van der Waals surface area contributed by atoms with Crippen LogP contribution in [0.5, 0.6) is 28.7 Å². The number of hydrogen-bond donors (Lipinski definition) is 3. The number of carbonyl (C=O) groups excluding carboxylic acids is 1. The maximum atomic E-state index is 13.4. The molecule has 0 atom stereocenters. The Balaban J connectivity index is 2.21. The van der Waals surface area contributed by atoms with E-state index in [1.54, 1.807) is 6.92 Å². The molecular weight excluding hydrogens is 490 g/mol. The van der Waals surface area contributed by atoms with Crippen molar-refractivity contribution in [1.82, 2.24) is 0 Å². The largest absolute Gasteiger partial charge is 0.505 e. The molecule has 9 nitrogen and oxygen atoms in total. The molecule has 0 aromatic heterocycles. The van der Waals surface area contributed by atoms with Crippen molar-refractivity contribution >= 4 is 60.1 Å². The summed E-state index contributed by atoms with van der Waals surface area (Å²) in [6.07, 6.45) is 0.161. The topological polar surface area (TPSA) is 145 Å². The van der Waals surface area contributed by atoms with Crippen molar-refractivity contribution in [2.45, 2.75) is 20.3 Å². The third kappa shape index (κ3) is 2.57. The van der Waals surface area contributed by atoms with Gasteiger partial charge >= 0.3 is 0 Å². The second kappa shape index (κ2) is 7.61. The lowest BCUT2D eigenvalue weighted by molar-refractivity contribution is -0.111. The van der Waals surface area contributed by atoms with Crippen LogP contribution in [0.25, 0.3) is 48.7 Å². The van der Waals surface area contributed by atoms with E-state index in [1.807, 2.05) is 0 Å². The van der Waals surface area contributed by atoms with Gasteiger partial charge in [-0.2, -0.15) is 0 Å². The number of rotatable bonds is 4. The molecule has 0 saturated carbocycles. The Kier molecular flexibility index (Phi) is 4.73. The van der Waals surface area contributed by atoms with E-state index in [9.17, 15) is 24.6 Å². The summed E-state index contributed by atoms with van der Waals surface area (Å²) in [5.41, 5.74) is 7.08. The van der Waals surface area contributed by atoms with E-state index in [4.69, 9.17) is 19.9 Å². The molecule has 1 aliphatic carbocycles. The first-order chi connectivity index (χ1) is 18.1. The first kappa shape index (κ1) is 23.6. The summed E-state index contributed by atoms with van der Waals surface area (Å²) < 4.78 is 16.9. The number of phenolic OH excluding ortho intramolecular Hbond substituents is 2. The minimum Gasteiger partial charge on any atom is -0.505 e. The lowest BCUT2D eigenvalue weighted by atomic mass is 9.82. The molecule has 0 fully saturated rings. The molecule has 0 saturated heterocycles. The number of allylic oxidation sites excluding steroid dienone is 2. The zero-order valence-corrected chi connectivity index (χ0v) is 21.3. The molecule has 0 spiro atoms. The van der Waals surface area contributed by atoms with Gasteiger partial charge in [0.1, 0.15) is 11.5 Å². The fourth-order valence-corrected chi connectivity index (χ4v) is 6.28. The van der Waals surface area contributed by atoms with Crippen LogP contribution in [0.3, 0.4) is 0 Å². The number of carbonyl (C=O) groups is 1. The van der Waals surface area contributed by atoms with Crippen LogP contribution in [0, 0.1) is 0 Å². The standard InChI is InChI=1S/C29H23NO8/c1-9-6-11-17-22-18(27(34)26(11)30)12(32)7-14(36-3)20(22)21-15(37-4)8-13(33)19-24(21)23(17)25(16(9)10(2)31)29(38-5)28(19)35/h7-8,34-35H,6,30H2,1-5H3. The fourth-order valence-electron chi connectivity index (χ4n) is 6.28. The molecule has 1 aliphatic rings. The summed E-state index contributed by atoms with van der Waals surface area (Å²) in [5, 5.41) is 24.9. The van der Waals surface area contributed by atoms with Gasteiger partial charge in [-0.3, -0.25) is 14.4 Å². The van der Waals surface area contributed by atoms with Crippen LogP contribution in [-0.2, 0) is 11.2 Å². The minimum atomic E-state index is -0.527. The minimum absolute atomic E-state index is 0.00953. The number of Topliss-reactive ketones (excluding diaryl/α,β-unsaturated/α-hetero) is 1. The highest BCUT2D eigenvalue weighted by molar-refractivity contribution is 6.42. The summed E-state index contributed by atoms with van der Waals surface area (Å²) in [6.45, 7) is 3.16. The normalized spacial score (nSPS) is 13.3. The molecule has 0 heterocycles. The van der Waals surface area contributed by atoms with Gasteiger partial charge in [-0.25, -0.2) is 0 Å². The van der Waals surface area contributed by atoms with Crippen molar-refractivity contribution in [1.29, 1.82) is 0 Å².